The molecule has 0 unspecified atom stereocenters. The Kier molecular flexibility index (Phi) is 5.10. The second-order valence-corrected chi connectivity index (χ2v) is 11.3. The summed E-state index contributed by atoms with van der Waals surface area (Å²) in [5.74, 6) is 0. The lowest BCUT2D eigenvalue weighted by atomic mass is 10.1. The molecular formula is C31H21N2OP. The maximum absolute atomic E-state index is 14.9. The maximum Gasteiger partial charge on any atom is 0.171 e. The van der Waals surface area contributed by atoms with Crippen LogP contribution in [0.25, 0.3) is 27.5 Å². The second kappa shape index (κ2) is 8.44. The minimum absolute atomic E-state index is 0.628. The van der Waals surface area contributed by atoms with Crippen LogP contribution in [0, 0.1) is 11.3 Å². The number of aromatic nitrogens is 1. The second-order valence-electron chi connectivity index (χ2n) is 8.49. The van der Waals surface area contributed by atoms with E-state index in [4.69, 9.17) is 0 Å². The zero-order chi connectivity index (χ0) is 23.8. The number of benzene rings is 5. The molecule has 0 radical (unpaired) electrons. The van der Waals surface area contributed by atoms with Crippen LogP contribution >= 0.6 is 7.14 Å². The van der Waals surface area contributed by atoms with Gasteiger partial charge in [0.2, 0.25) is 0 Å². The van der Waals surface area contributed by atoms with Crippen LogP contribution in [0.5, 0.6) is 0 Å². The first kappa shape index (κ1) is 21.2. The first-order valence-electron chi connectivity index (χ1n) is 11.5. The molecule has 166 valence electrons. The summed E-state index contributed by atoms with van der Waals surface area (Å²) in [4.78, 5) is 0. The van der Waals surface area contributed by atoms with Crippen molar-refractivity contribution in [2.75, 3.05) is 0 Å². The third-order valence-corrected chi connectivity index (χ3v) is 9.57. The highest BCUT2D eigenvalue weighted by Gasteiger charge is 2.30. The van der Waals surface area contributed by atoms with Crippen molar-refractivity contribution in [1.82, 2.24) is 4.57 Å². The summed E-state index contributed by atoms with van der Waals surface area (Å²) in [5, 5.41) is 13.8. The summed E-state index contributed by atoms with van der Waals surface area (Å²) < 4.78 is 17.1. The molecular weight excluding hydrogens is 447 g/mol. The average Bonchev–Trinajstić information content (AvgIpc) is 3.27. The van der Waals surface area contributed by atoms with E-state index in [1.807, 2.05) is 103 Å². The Hall–Kier alpha value is -4.38. The molecule has 0 atom stereocenters. The molecule has 5 aromatic carbocycles. The average molecular weight is 468 g/mol. The Morgan fingerprint density at radius 1 is 0.571 bits per heavy atom. The van der Waals surface area contributed by atoms with E-state index in [9.17, 15) is 9.83 Å². The minimum Gasteiger partial charge on any atom is -0.309 e. The lowest BCUT2D eigenvalue weighted by Crippen LogP contribution is -2.24. The van der Waals surface area contributed by atoms with E-state index in [1.165, 1.54) is 0 Å². The van der Waals surface area contributed by atoms with Crippen molar-refractivity contribution in [2.24, 2.45) is 0 Å². The first-order valence-corrected chi connectivity index (χ1v) is 13.2. The fourth-order valence-electron chi connectivity index (χ4n) is 4.84. The quantitative estimate of drug-likeness (QED) is 0.285. The predicted molar refractivity (Wildman–Crippen MR) is 145 cm³/mol. The lowest BCUT2D eigenvalue weighted by molar-refractivity contribution is 0.592. The molecule has 6 aromatic rings. The van der Waals surface area contributed by atoms with Crippen molar-refractivity contribution in [3.05, 3.63) is 133 Å². The molecule has 1 heterocycles. The monoisotopic (exact) mass is 468 g/mol. The van der Waals surface area contributed by atoms with Crippen LogP contribution in [0.4, 0.5) is 0 Å². The molecule has 0 amide bonds. The summed E-state index contributed by atoms with van der Waals surface area (Å²) in [6.07, 6.45) is 0. The zero-order valence-electron chi connectivity index (χ0n) is 18.9. The predicted octanol–water partition coefficient (Wildman–Crippen LogP) is 6.29. The van der Waals surface area contributed by atoms with Gasteiger partial charge in [-0.2, -0.15) is 5.26 Å². The van der Waals surface area contributed by atoms with E-state index in [0.717, 1.165) is 43.4 Å². The van der Waals surface area contributed by atoms with Gasteiger partial charge in [-0.1, -0.05) is 78.9 Å². The highest BCUT2D eigenvalue weighted by molar-refractivity contribution is 7.85. The Morgan fingerprint density at radius 2 is 1.14 bits per heavy atom. The van der Waals surface area contributed by atoms with Gasteiger partial charge in [0.05, 0.1) is 22.7 Å². The molecule has 0 aliphatic carbocycles. The highest BCUT2D eigenvalue weighted by atomic mass is 31.2. The number of para-hydroxylation sites is 1. The van der Waals surface area contributed by atoms with E-state index >= 15 is 0 Å². The SMILES string of the molecule is N#Cc1ccc(-n2c3ccccc3c3cc(P(=O)(c4ccccc4)c4ccccc4)ccc32)cc1. The molecule has 0 aliphatic rings. The van der Waals surface area contributed by atoms with Gasteiger partial charge >= 0.3 is 0 Å². The van der Waals surface area contributed by atoms with Crippen LogP contribution in [0.15, 0.2) is 127 Å². The molecule has 6 rings (SSSR count). The molecule has 0 spiro atoms. The summed E-state index contributed by atoms with van der Waals surface area (Å²) in [6.45, 7) is 0. The zero-order valence-corrected chi connectivity index (χ0v) is 19.8. The Balaban J connectivity index is 1.64. The fourth-order valence-corrected chi connectivity index (χ4v) is 7.52. The highest BCUT2D eigenvalue weighted by Crippen LogP contribution is 2.44. The maximum atomic E-state index is 14.9. The van der Waals surface area contributed by atoms with E-state index in [1.54, 1.807) is 0 Å². The van der Waals surface area contributed by atoms with E-state index in [2.05, 4.69) is 34.9 Å². The van der Waals surface area contributed by atoms with Crippen molar-refractivity contribution in [1.29, 1.82) is 5.26 Å². The molecule has 0 N–H and O–H groups in total. The van der Waals surface area contributed by atoms with Crippen molar-refractivity contribution in [2.45, 2.75) is 0 Å². The van der Waals surface area contributed by atoms with Crippen LogP contribution in [0.3, 0.4) is 0 Å². The van der Waals surface area contributed by atoms with Crippen LogP contribution in [0.2, 0.25) is 0 Å². The molecule has 3 nitrogen and oxygen atoms in total. The first-order chi connectivity index (χ1) is 17.2. The van der Waals surface area contributed by atoms with Crippen LogP contribution in [0.1, 0.15) is 5.56 Å². The third kappa shape index (κ3) is 3.39. The largest absolute Gasteiger partial charge is 0.309 e. The summed E-state index contributed by atoms with van der Waals surface area (Å²) >= 11 is 0. The Morgan fingerprint density at radius 3 is 1.77 bits per heavy atom. The molecule has 0 aliphatic heterocycles. The van der Waals surface area contributed by atoms with Gasteiger partial charge in [0.25, 0.3) is 0 Å². The summed E-state index contributed by atoms with van der Waals surface area (Å²) in [5.41, 5.74) is 3.71. The van der Waals surface area contributed by atoms with E-state index in [-0.39, 0.29) is 0 Å². The standard InChI is InChI=1S/C31H21N2OP/c32-22-23-15-17-24(18-16-23)33-30-14-8-7-13-28(30)29-21-27(19-20-31(29)33)35(34,25-9-3-1-4-10-25)26-11-5-2-6-12-26/h1-21H. The van der Waals surface area contributed by atoms with Gasteiger partial charge in [-0.3, -0.25) is 0 Å². The van der Waals surface area contributed by atoms with Gasteiger partial charge in [0.15, 0.2) is 7.14 Å². The fraction of sp³-hybridized carbons (Fsp3) is 0. The number of nitriles is 1. The summed E-state index contributed by atoms with van der Waals surface area (Å²) in [7, 11) is -3.08. The van der Waals surface area contributed by atoms with Crippen molar-refractivity contribution in [3.63, 3.8) is 0 Å². The normalized spacial score (nSPS) is 11.5. The topological polar surface area (TPSA) is 45.8 Å². The van der Waals surface area contributed by atoms with Crippen LogP contribution in [-0.2, 0) is 4.57 Å². The van der Waals surface area contributed by atoms with Crippen molar-refractivity contribution >= 4 is 44.9 Å². The van der Waals surface area contributed by atoms with E-state index in [0.29, 0.717) is 5.56 Å². The number of hydrogen-bond acceptors (Lipinski definition) is 2. The van der Waals surface area contributed by atoms with Crippen LogP contribution < -0.4 is 15.9 Å². The summed E-state index contributed by atoms with van der Waals surface area (Å²) in [6, 6.07) is 43.7. The van der Waals surface area contributed by atoms with Crippen LogP contribution in [-0.4, -0.2) is 4.57 Å². The molecule has 0 saturated carbocycles. The Bertz CT molecular complexity index is 1720. The number of hydrogen-bond donors (Lipinski definition) is 0. The number of nitrogens with zero attached hydrogens (tertiary/aromatic N) is 2. The molecule has 0 bridgehead atoms. The van der Waals surface area contributed by atoms with Gasteiger partial charge in [0, 0.05) is 32.4 Å². The molecule has 0 saturated heterocycles. The number of fused-ring (bicyclic) bond motifs is 3. The molecule has 35 heavy (non-hydrogen) atoms. The van der Waals surface area contributed by atoms with Crippen molar-refractivity contribution < 1.29 is 4.57 Å². The number of rotatable bonds is 4. The molecule has 1 aromatic heterocycles. The van der Waals surface area contributed by atoms with Gasteiger partial charge in [-0.25, -0.2) is 0 Å². The van der Waals surface area contributed by atoms with Gasteiger partial charge in [0.1, 0.15) is 0 Å². The van der Waals surface area contributed by atoms with Crippen molar-refractivity contribution in [3.8, 4) is 11.8 Å². The van der Waals surface area contributed by atoms with Gasteiger partial charge in [-0.15, -0.1) is 0 Å². The van der Waals surface area contributed by atoms with Gasteiger partial charge in [-0.05, 0) is 48.5 Å². The third-order valence-electron chi connectivity index (χ3n) is 6.51. The minimum atomic E-state index is -3.08. The molecule has 0 fully saturated rings. The lowest BCUT2D eigenvalue weighted by Gasteiger charge is -2.20. The smallest absolute Gasteiger partial charge is 0.171 e. The van der Waals surface area contributed by atoms with Gasteiger partial charge < -0.3 is 9.13 Å². The molecule has 4 heteroatoms. The van der Waals surface area contributed by atoms with E-state index < -0.39 is 7.14 Å². The Labute approximate surface area is 203 Å².